The highest BCUT2D eigenvalue weighted by molar-refractivity contribution is 7.98. The molecular weight excluding hydrogens is 230 g/mol. The standard InChI is InChI=1S/C13H15N3S/c1-10-4-3-5-11(15-10)6-7-12-14-9-8-13(16-12)17-2/h3-5,8-9H,6-7H2,1-2H3. The molecule has 2 rings (SSSR count). The Bertz CT molecular complexity index is 500. The van der Waals surface area contributed by atoms with Crippen molar-refractivity contribution in [3.63, 3.8) is 0 Å². The number of pyridine rings is 1. The van der Waals surface area contributed by atoms with Gasteiger partial charge in [0.25, 0.3) is 0 Å². The summed E-state index contributed by atoms with van der Waals surface area (Å²) in [6.07, 6.45) is 5.57. The van der Waals surface area contributed by atoms with E-state index in [9.17, 15) is 0 Å². The summed E-state index contributed by atoms with van der Waals surface area (Å²) in [4.78, 5) is 13.2. The van der Waals surface area contributed by atoms with Crippen molar-refractivity contribution in [1.29, 1.82) is 0 Å². The minimum Gasteiger partial charge on any atom is -0.258 e. The molecule has 0 fully saturated rings. The molecule has 0 aliphatic heterocycles. The molecule has 0 spiro atoms. The summed E-state index contributed by atoms with van der Waals surface area (Å²) in [5.74, 6) is 0.889. The van der Waals surface area contributed by atoms with Crippen LogP contribution in [0.15, 0.2) is 35.5 Å². The van der Waals surface area contributed by atoms with Crippen molar-refractivity contribution < 1.29 is 0 Å². The van der Waals surface area contributed by atoms with E-state index < -0.39 is 0 Å². The van der Waals surface area contributed by atoms with Crippen LogP contribution in [0.4, 0.5) is 0 Å². The first kappa shape index (κ1) is 12.0. The van der Waals surface area contributed by atoms with E-state index in [1.165, 1.54) is 0 Å². The number of aryl methyl sites for hydroxylation is 3. The van der Waals surface area contributed by atoms with E-state index in [4.69, 9.17) is 0 Å². The van der Waals surface area contributed by atoms with Gasteiger partial charge in [-0.2, -0.15) is 0 Å². The van der Waals surface area contributed by atoms with Crippen molar-refractivity contribution in [1.82, 2.24) is 15.0 Å². The molecule has 3 nitrogen and oxygen atoms in total. The van der Waals surface area contributed by atoms with Crippen LogP contribution in [-0.4, -0.2) is 21.2 Å². The summed E-state index contributed by atoms with van der Waals surface area (Å²) in [6, 6.07) is 8.02. The lowest BCUT2D eigenvalue weighted by Gasteiger charge is -2.02. The first-order valence-corrected chi connectivity index (χ1v) is 6.79. The second-order valence-corrected chi connectivity index (χ2v) is 4.61. The zero-order valence-electron chi connectivity index (χ0n) is 10.1. The number of thioether (sulfide) groups is 1. The van der Waals surface area contributed by atoms with E-state index >= 15 is 0 Å². The highest BCUT2D eigenvalue weighted by atomic mass is 32.2. The van der Waals surface area contributed by atoms with Gasteiger partial charge in [-0.25, -0.2) is 9.97 Å². The third kappa shape index (κ3) is 3.53. The molecular formula is C13H15N3S. The zero-order chi connectivity index (χ0) is 12.1. The Morgan fingerprint density at radius 1 is 1.12 bits per heavy atom. The average Bonchev–Trinajstić information content (AvgIpc) is 2.37. The molecule has 0 unspecified atom stereocenters. The fraction of sp³-hybridized carbons (Fsp3) is 0.308. The molecule has 4 heteroatoms. The van der Waals surface area contributed by atoms with Gasteiger partial charge in [-0.3, -0.25) is 4.98 Å². The number of rotatable bonds is 4. The smallest absolute Gasteiger partial charge is 0.129 e. The molecule has 0 amide bonds. The summed E-state index contributed by atoms with van der Waals surface area (Å²) in [7, 11) is 0. The predicted molar refractivity (Wildman–Crippen MR) is 70.2 cm³/mol. The second-order valence-electron chi connectivity index (χ2n) is 3.79. The van der Waals surface area contributed by atoms with Gasteiger partial charge in [-0.05, 0) is 37.8 Å². The first-order valence-electron chi connectivity index (χ1n) is 5.56. The maximum atomic E-state index is 4.47. The molecule has 2 aromatic heterocycles. The average molecular weight is 245 g/mol. The van der Waals surface area contributed by atoms with Crippen molar-refractivity contribution in [3.05, 3.63) is 47.7 Å². The van der Waals surface area contributed by atoms with E-state index in [1.807, 2.05) is 43.6 Å². The number of hydrogen-bond donors (Lipinski definition) is 0. The Morgan fingerprint density at radius 2 is 2.00 bits per heavy atom. The predicted octanol–water partition coefficient (Wildman–Crippen LogP) is 2.69. The Balaban J connectivity index is 2.02. The normalized spacial score (nSPS) is 10.5. The lowest BCUT2D eigenvalue weighted by Crippen LogP contribution is -2.00. The van der Waals surface area contributed by atoms with Gasteiger partial charge in [0.1, 0.15) is 5.82 Å². The van der Waals surface area contributed by atoms with Crippen molar-refractivity contribution >= 4 is 11.8 Å². The van der Waals surface area contributed by atoms with Crippen LogP contribution in [0.5, 0.6) is 0 Å². The van der Waals surface area contributed by atoms with Crippen LogP contribution >= 0.6 is 11.8 Å². The topological polar surface area (TPSA) is 38.7 Å². The molecule has 2 aromatic rings. The zero-order valence-corrected chi connectivity index (χ0v) is 10.9. The van der Waals surface area contributed by atoms with Crippen LogP contribution in [0, 0.1) is 6.92 Å². The Morgan fingerprint density at radius 3 is 2.76 bits per heavy atom. The molecule has 0 N–H and O–H groups in total. The van der Waals surface area contributed by atoms with Gasteiger partial charge < -0.3 is 0 Å². The molecule has 0 saturated carbocycles. The molecule has 0 bridgehead atoms. The molecule has 17 heavy (non-hydrogen) atoms. The summed E-state index contributed by atoms with van der Waals surface area (Å²) in [5.41, 5.74) is 2.16. The fourth-order valence-electron chi connectivity index (χ4n) is 1.59. The molecule has 0 saturated heterocycles. The van der Waals surface area contributed by atoms with Crippen LogP contribution in [-0.2, 0) is 12.8 Å². The molecule has 0 aromatic carbocycles. The van der Waals surface area contributed by atoms with Crippen molar-refractivity contribution in [3.8, 4) is 0 Å². The summed E-state index contributed by atoms with van der Waals surface area (Å²) >= 11 is 1.64. The van der Waals surface area contributed by atoms with E-state index in [-0.39, 0.29) is 0 Å². The van der Waals surface area contributed by atoms with Crippen molar-refractivity contribution in [2.75, 3.05) is 6.26 Å². The largest absolute Gasteiger partial charge is 0.258 e. The van der Waals surface area contributed by atoms with Crippen LogP contribution < -0.4 is 0 Å². The third-order valence-corrected chi connectivity index (χ3v) is 3.09. The SMILES string of the molecule is CSc1ccnc(CCc2cccc(C)n2)n1. The van der Waals surface area contributed by atoms with Gasteiger partial charge in [0, 0.05) is 24.0 Å². The maximum absolute atomic E-state index is 4.47. The van der Waals surface area contributed by atoms with Crippen LogP contribution in [0.2, 0.25) is 0 Å². The number of hydrogen-bond acceptors (Lipinski definition) is 4. The molecule has 0 radical (unpaired) electrons. The number of nitrogens with zero attached hydrogens (tertiary/aromatic N) is 3. The highest BCUT2D eigenvalue weighted by Crippen LogP contribution is 2.10. The van der Waals surface area contributed by atoms with Gasteiger partial charge in [0.2, 0.25) is 0 Å². The van der Waals surface area contributed by atoms with E-state index in [2.05, 4.69) is 15.0 Å². The highest BCUT2D eigenvalue weighted by Gasteiger charge is 2.01. The Labute approximate surface area is 106 Å². The Kier molecular flexibility index (Phi) is 4.09. The monoisotopic (exact) mass is 245 g/mol. The fourth-order valence-corrected chi connectivity index (χ4v) is 1.99. The van der Waals surface area contributed by atoms with Gasteiger partial charge in [0.15, 0.2) is 0 Å². The van der Waals surface area contributed by atoms with Crippen LogP contribution in [0.1, 0.15) is 17.2 Å². The second kappa shape index (κ2) is 5.77. The van der Waals surface area contributed by atoms with Gasteiger partial charge in [0.05, 0.1) is 5.03 Å². The first-order chi connectivity index (χ1) is 8.28. The van der Waals surface area contributed by atoms with E-state index in [1.54, 1.807) is 11.8 Å². The molecule has 88 valence electrons. The van der Waals surface area contributed by atoms with E-state index in [0.29, 0.717) is 0 Å². The molecule has 0 atom stereocenters. The maximum Gasteiger partial charge on any atom is 0.129 e. The van der Waals surface area contributed by atoms with Gasteiger partial charge in [-0.15, -0.1) is 11.8 Å². The minimum atomic E-state index is 0.838. The van der Waals surface area contributed by atoms with Crippen LogP contribution in [0.25, 0.3) is 0 Å². The Hall–Kier alpha value is -1.42. The van der Waals surface area contributed by atoms with Crippen molar-refractivity contribution in [2.45, 2.75) is 24.8 Å². The lowest BCUT2D eigenvalue weighted by atomic mass is 10.2. The summed E-state index contributed by atoms with van der Waals surface area (Å²) < 4.78 is 0. The van der Waals surface area contributed by atoms with Crippen LogP contribution in [0.3, 0.4) is 0 Å². The number of aromatic nitrogens is 3. The third-order valence-electron chi connectivity index (χ3n) is 2.44. The summed E-state index contributed by atoms with van der Waals surface area (Å²) in [5, 5.41) is 1.02. The summed E-state index contributed by atoms with van der Waals surface area (Å²) in [6.45, 7) is 2.01. The quantitative estimate of drug-likeness (QED) is 0.613. The lowest BCUT2D eigenvalue weighted by molar-refractivity contribution is 0.809. The molecule has 0 aliphatic rings. The van der Waals surface area contributed by atoms with Gasteiger partial charge >= 0.3 is 0 Å². The minimum absolute atomic E-state index is 0.838. The molecule has 2 heterocycles. The van der Waals surface area contributed by atoms with E-state index in [0.717, 1.165) is 35.1 Å². The van der Waals surface area contributed by atoms with Crippen molar-refractivity contribution in [2.24, 2.45) is 0 Å². The molecule has 0 aliphatic carbocycles. The van der Waals surface area contributed by atoms with Gasteiger partial charge in [-0.1, -0.05) is 6.07 Å².